The summed E-state index contributed by atoms with van der Waals surface area (Å²) in [6.07, 6.45) is 2.52. The van der Waals surface area contributed by atoms with E-state index in [1.165, 1.54) is 4.31 Å². The summed E-state index contributed by atoms with van der Waals surface area (Å²) < 4.78 is 26.2. The van der Waals surface area contributed by atoms with Crippen LogP contribution in [0.25, 0.3) is 0 Å². The molecular formula is C19H27N5O2S. The van der Waals surface area contributed by atoms with Crippen LogP contribution in [0.3, 0.4) is 0 Å². The zero-order valence-electron chi connectivity index (χ0n) is 16.0. The van der Waals surface area contributed by atoms with E-state index in [0.29, 0.717) is 19.0 Å². The van der Waals surface area contributed by atoms with Gasteiger partial charge < -0.3 is 11.1 Å². The van der Waals surface area contributed by atoms with Crippen LogP contribution in [-0.2, 0) is 23.0 Å². The van der Waals surface area contributed by atoms with Gasteiger partial charge in [0.05, 0.1) is 11.4 Å². The highest BCUT2D eigenvalue weighted by atomic mass is 32.2. The summed E-state index contributed by atoms with van der Waals surface area (Å²) in [6, 6.07) is 12.4. The molecule has 0 saturated heterocycles. The molecule has 1 aromatic heterocycles. The van der Waals surface area contributed by atoms with Gasteiger partial charge in [-0.25, -0.2) is 13.4 Å². The Bertz CT molecular complexity index is 849. The van der Waals surface area contributed by atoms with Crippen molar-refractivity contribution in [1.29, 1.82) is 0 Å². The highest BCUT2D eigenvalue weighted by Gasteiger charge is 2.22. The molecule has 0 atom stereocenters. The van der Waals surface area contributed by atoms with Crippen molar-refractivity contribution in [2.75, 3.05) is 13.6 Å². The Labute approximate surface area is 161 Å². The number of pyridine rings is 1. The van der Waals surface area contributed by atoms with E-state index in [0.717, 1.165) is 17.7 Å². The molecule has 27 heavy (non-hydrogen) atoms. The quantitative estimate of drug-likeness (QED) is 0.529. The SMILES string of the molecule is CC(C)N(C)S(=O)(=O)c1ccc(CN=C(N)NCCc2ccccn2)cc1. The van der Waals surface area contributed by atoms with Crippen molar-refractivity contribution >= 4 is 16.0 Å². The van der Waals surface area contributed by atoms with Gasteiger partial charge in [-0.3, -0.25) is 4.98 Å². The number of aromatic nitrogens is 1. The summed E-state index contributed by atoms with van der Waals surface area (Å²) in [7, 11) is -1.89. The standard InChI is InChI=1S/C19H27N5O2S/c1-15(2)24(3)27(25,26)18-9-7-16(8-10-18)14-23-19(20)22-13-11-17-6-4-5-12-21-17/h4-10,12,15H,11,13-14H2,1-3H3,(H3,20,22,23). The molecule has 0 aliphatic heterocycles. The molecule has 0 radical (unpaired) electrons. The molecule has 0 aliphatic carbocycles. The maximum Gasteiger partial charge on any atom is 0.243 e. The Morgan fingerprint density at radius 2 is 1.93 bits per heavy atom. The molecule has 2 aromatic rings. The molecule has 1 heterocycles. The minimum Gasteiger partial charge on any atom is -0.370 e. The fraction of sp³-hybridized carbons (Fsp3) is 0.368. The Balaban J connectivity index is 1.89. The van der Waals surface area contributed by atoms with Crippen molar-refractivity contribution in [1.82, 2.24) is 14.6 Å². The van der Waals surface area contributed by atoms with E-state index < -0.39 is 10.0 Å². The molecular weight excluding hydrogens is 362 g/mol. The first kappa shape index (κ1) is 20.9. The number of nitrogens with one attached hydrogen (secondary N) is 1. The van der Waals surface area contributed by atoms with E-state index in [-0.39, 0.29) is 10.9 Å². The van der Waals surface area contributed by atoms with Gasteiger partial charge >= 0.3 is 0 Å². The molecule has 3 N–H and O–H groups in total. The second-order valence-corrected chi connectivity index (χ2v) is 8.46. The van der Waals surface area contributed by atoms with E-state index in [9.17, 15) is 8.42 Å². The first-order chi connectivity index (χ1) is 12.8. The first-order valence-corrected chi connectivity index (χ1v) is 10.3. The van der Waals surface area contributed by atoms with Crippen LogP contribution >= 0.6 is 0 Å². The molecule has 0 amide bonds. The number of hydrogen-bond acceptors (Lipinski definition) is 4. The predicted octanol–water partition coefficient (Wildman–Crippen LogP) is 1.76. The van der Waals surface area contributed by atoms with E-state index in [1.807, 2.05) is 32.0 Å². The highest BCUT2D eigenvalue weighted by Crippen LogP contribution is 2.17. The van der Waals surface area contributed by atoms with Crippen LogP contribution < -0.4 is 11.1 Å². The summed E-state index contributed by atoms with van der Waals surface area (Å²) in [6.45, 7) is 4.70. The zero-order valence-corrected chi connectivity index (χ0v) is 16.8. The van der Waals surface area contributed by atoms with Crippen molar-refractivity contribution in [3.8, 4) is 0 Å². The summed E-state index contributed by atoms with van der Waals surface area (Å²) >= 11 is 0. The second-order valence-electron chi connectivity index (χ2n) is 6.46. The molecule has 7 nitrogen and oxygen atoms in total. The van der Waals surface area contributed by atoms with Gasteiger partial charge in [0.15, 0.2) is 5.96 Å². The van der Waals surface area contributed by atoms with Gasteiger partial charge in [0, 0.05) is 37.9 Å². The molecule has 0 fully saturated rings. The maximum atomic E-state index is 12.4. The highest BCUT2D eigenvalue weighted by molar-refractivity contribution is 7.89. The van der Waals surface area contributed by atoms with Crippen molar-refractivity contribution in [2.24, 2.45) is 10.7 Å². The monoisotopic (exact) mass is 389 g/mol. The Hall–Kier alpha value is -2.45. The van der Waals surface area contributed by atoms with Gasteiger partial charge in [0.1, 0.15) is 0 Å². The summed E-state index contributed by atoms with van der Waals surface area (Å²) in [5, 5.41) is 3.05. The van der Waals surface area contributed by atoms with Crippen molar-refractivity contribution in [2.45, 2.75) is 37.8 Å². The lowest BCUT2D eigenvalue weighted by Crippen LogP contribution is -2.33. The van der Waals surface area contributed by atoms with E-state index in [1.54, 1.807) is 37.5 Å². The van der Waals surface area contributed by atoms with Gasteiger partial charge in [-0.2, -0.15) is 4.31 Å². The molecule has 0 bridgehead atoms. The Morgan fingerprint density at radius 3 is 2.52 bits per heavy atom. The number of nitrogens with two attached hydrogens (primary N) is 1. The number of sulfonamides is 1. The smallest absolute Gasteiger partial charge is 0.243 e. The van der Waals surface area contributed by atoms with Crippen LogP contribution in [0.5, 0.6) is 0 Å². The van der Waals surface area contributed by atoms with Crippen molar-refractivity contribution in [3.05, 3.63) is 59.9 Å². The number of benzene rings is 1. The van der Waals surface area contributed by atoms with Crippen LogP contribution in [-0.4, -0.2) is 43.3 Å². The average molecular weight is 390 g/mol. The van der Waals surface area contributed by atoms with Crippen LogP contribution in [0.1, 0.15) is 25.1 Å². The van der Waals surface area contributed by atoms with Crippen molar-refractivity contribution < 1.29 is 8.42 Å². The van der Waals surface area contributed by atoms with Gasteiger partial charge in [0.25, 0.3) is 0 Å². The average Bonchev–Trinajstić information content (AvgIpc) is 2.67. The fourth-order valence-corrected chi connectivity index (χ4v) is 3.68. The Morgan fingerprint density at radius 1 is 1.22 bits per heavy atom. The van der Waals surface area contributed by atoms with Gasteiger partial charge in [-0.05, 0) is 43.7 Å². The summed E-state index contributed by atoms with van der Waals surface area (Å²) in [5.74, 6) is 0.349. The zero-order chi connectivity index (χ0) is 19.9. The van der Waals surface area contributed by atoms with Crippen LogP contribution in [0.2, 0.25) is 0 Å². The number of guanidine groups is 1. The number of rotatable bonds is 8. The third-order valence-corrected chi connectivity index (χ3v) is 6.22. The Kier molecular flexibility index (Phi) is 7.32. The lowest BCUT2D eigenvalue weighted by molar-refractivity contribution is 0.410. The second kappa shape index (κ2) is 9.48. The largest absolute Gasteiger partial charge is 0.370 e. The van der Waals surface area contributed by atoms with Crippen LogP contribution in [0.4, 0.5) is 0 Å². The normalized spacial score (nSPS) is 12.6. The molecule has 146 valence electrons. The third-order valence-electron chi connectivity index (χ3n) is 4.17. The lowest BCUT2D eigenvalue weighted by atomic mass is 10.2. The van der Waals surface area contributed by atoms with E-state index in [4.69, 9.17) is 5.73 Å². The molecule has 2 rings (SSSR count). The molecule has 0 aliphatic rings. The third kappa shape index (κ3) is 6.04. The summed E-state index contributed by atoms with van der Waals surface area (Å²) in [5.41, 5.74) is 7.75. The lowest BCUT2D eigenvalue weighted by Gasteiger charge is -2.21. The topological polar surface area (TPSA) is 101 Å². The summed E-state index contributed by atoms with van der Waals surface area (Å²) in [4.78, 5) is 8.80. The van der Waals surface area contributed by atoms with Gasteiger partial charge in [-0.15, -0.1) is 0 Å². The molecule has 0 unspecified atom stereocenters. The number of aliphatic imine (C=N–C) groups is 1. The molecule has 0 saturated carbocycles. The van der Waals surface area contributed by atoms with Crippen LogP contribution in [0, 0.1) is 0 Å². The van der Waals surface area contributed by atoms with Gasteiger partial charge in [-0.1, -0.05) is 18.2 Å². The van der Waals surface area contributed by atoms with Gasteiger partial charge in [0.2, 0.25) is 10.0 Å². The predicted molar refractivity (Wildman–Crippen MR) is 108 cm³/mol. The first-order valence-electron chi connectivity index (χ1n) is 8.81. The van der Waals surface area contributed by atoms with Crippen molar-refractivity contribution in [3.63, 3.8) is 0 Å². The maximum absolute atomic E-state index is 12.4. The molecule has 1 aromatic carbocycles. The number of nitrogens with zero attached hydrogens (tertiary/aromatic N) is 3. The minimum atomic E-state index is -3.47. The van der Waals surface area contributed by atoms with E-state index >= 15 is 0 Å². The van der Waals surface area contributed by atoms with Crippen LogP contribution in [0.15, 0.2) is 58.5 Å². The fourth-order valence-electron chi connectivity index (χ4n) is 2.31. The van der Waals surface area contributed by atoms with E-state index in [2.05, 4.69) is 15.3 Å². The molecule has 8 heteroatoms. The molecule has 0 spiro atoms. The minimum absolute atomic E-state index is 0.101. The number of hydrogen-bond donors (Lipinski definition) is 2.